The van der Waals surface area contributed by atoms with Crippen molar-refractivity contribution in [2.75, 3.05) is 0 Å². The molecule has 0 unspecified atom stereocenters. The molecule has 0 fully saturated rings. The molecule has 1 nitrogen and oxygen atoms in total. The molecular weight excluding hydrogens is 226 g/mol. The number of aliphatic imine (C=N–C) groups is 1. The van der Waals surface area contributed by atoms with Crippen molar-refractivity contribution < 1.29 is 0 Å². The van der Waals surface area contributed by atoms with E-state index in [2.05, 4.69) is 53.0 Å². The third-order valence-corrected chi connectivity index (χ3v) is 2.80. The molecule has 0 spiro atoms. The maximum atomic E-state index is 4.54. The summed E-state index contributed by atoms with van der Waals surface area (Å²) in [5.74, 6) is 0.530. The zero-order valence-electron chi connectivity index (χ0n) is 7.84. The van der Waals surface area contributed by atoms with Gasteiger partial charge >= 0.3 is 0 Å². The standard InChI is InChI=1S/C11H12BrN/c1-7(2)11-10-4-3-9(12)5-8(10)6-13-11/h3-5,7H,6H2,1-2H3. The van der Waals surface area contributed by atoms with E-state index in [4.69, 9.17) is 0 Å². The summed E-state index contributed by atoms with van der Waals surface area (Å²) >= 11 is 3.47. The SMILES string of the molecule is CC(C)C1=NCc2cc(Br)ccc21. The van der Waals surface area contributed by atoms with Crippen LogP contribution in [0.5, 0.6) is 0 Å². The lowest BCUT2D eigenvalue weighted by Crippen LogP contribution is -2.06. The number of benzene rings is 1. The molecule has 0 bridgehead atoms. The average Bonchev–Trinajstić information content (AvgIpc) is 2.46. The van der Waals surface area contributed by atoms with Gasteiger partial charge in [0.15, 0.2) is 0 Å². The minimum absolute atomic E-state index is 0.530. The Labute approximate surface area is 87.0 Å². The zero-order chi connectivity index (χ0) is 9.42. The Morgan fingerprint density at radius 2 is 2.15 bits per heavy atom. The number of halogens is 1. The Bertz CT molecular complexity index is 366. The van der Waals surface area contributed by atoms with Crippen molar-refractivity contribution in [3.8, 4) is 0 Å². The fraction of sp³-hybridized carbons (Fsp3) is 0.364. The van der Waals surface area contributed by atoms with E-state index in [9.17, 15) is 0 Å². The largest absolute Gasteiger partial charge is 0.284 e. The predicted octanol–water partition coefficient (Wildman–Crippen LogP) is 3.41. The van der Waals surface area contributed by atoms with Crippen LogP contribution in [-0.2, 0) is 6.54 Å². The third-order valence-electron chi connectivity index (χ3n) is 2.31. The lowest BCUT2D eigenvalue weighted by molar-refractivity contribution is 0.882. The van der Waals surface area contributed by atoms with E-state index in [-0.39, 0.29) is 0 Å². The van der Waals surface area contributed by atoms with Crippen LogP contribution < -0.4 is 0 Å². The molecule has 2 rings (SSSR count). The van der Waals surface area contributed by atoms with Gasteiger partial charge in [-0.05, 0) is 23.6 Å². The first-order valence-electron chi connectivity index (χ1n) is 4.51. The summed E-state index contributed by atoms with van der Waals surface area (Å²) in [6, 6.07) is 6.40. The molecule has 0 N–H and O–H groups in total. The van der Waals surface area contributed by atoms with Crippen LogP contribution in [0.2, 0.25) is 0 Å². The van der Waals surface area contributed by atoms with Gasteiger partial charge in [0.2, 0.25) is 0 Å². The minimum Gasteiger partial charge on any atom is -0.284 e. The van der Waals surface area contributed by atoms with E-state index in [0.29, 0.717) is 5.92 Å². The molecule has 0 amide bonds. The van der Waals surface area contributed by atoms with Gasteiger partial charge in [0.25, 0.3) is 0 Å². The summed E-state index contributed by atoms with van der Waals surface area (Å²) in [5, 5.41) is 0. The molecular formula is C11H12BrN. The van der Waals surface area contributed by atoms with Crippen molar-refractivity contribution in [1.29, 1.82) is 0 Å². The lowest BCUT2D eigenvalue weighted by Gasteiger charge is -2.06. The zero-order valence-corrected chi connectivity index (χ0v) is 9.43. The van der Waals surface area contributed by atoms with Gasteiger partial charge in [-0.1, -0.05) is 35.8 Å². The third kappa shape index (κ3) is 1.55. The second-order valence-corrected chi connectivity index (χ2v) is 4.57. The first kappa shape index (κ1) is 8.95. The molecule has 0 saturated heterocycles. The molecule has 0 radical (unpaired) electrons. The van der Waals surface area contributed by atoms with Crippen molar-refractivity contribution >= 4 is 21.6 Å². The quantitative estimate of drug-likeness (QED) is 0.710. The first-order valence-corrected chi connectivity index (χ1v) is 5.31. The fourth-order valence-electron chi connectivity index (χ4n) is 1.69. The molecule has 0 saturated carbocycles. The van der Waals surface area contributed by atoms with Crippen LogP contribution in [0, 0.1) is 5.92 Å². The van der Waals surface area contributed by atoms with Crippen molar-refractivity contribution in [3.63, 3.8) is 0 Å². The van der Waals surface area contributed by atoms with E-state index in [1.807, 2.05) is 0 Å². The van der Waals surface area contributed by atoms with E-state index < -0.39 is 0 Å². The van der Waals surface area contributed by atoms with Crippen molar-refractivity contribution in [2.24, 2.45) is 10.9 Å². The number of hydrogen-bond acceptors (Lipinski definition) is 1. The van der Waals surface area contributed by atoms with E-state index in [0.717, 1.165) is 11.0 Å². The molecule has 0 atom stereocenters. The van der Waals surface area contributed by atoms with Gasteiger partial charge in [0, 0.05) is 15.7 Å². The minimum atomic E-state index is 0.530. The monoisotopic (exact) mass is 237 g/mol. The number of hydrogen-bond donors (Lipinski definition) is 0. The maximum absolute atomic E-state index is 4.54. The number of rotatable bonds is 1. The second kappa shape index (κ2) is 3.26. The highest BCUT2D eigenvalue weighted by molar-refractivity contribution is 9.10. The summed E-state index contributed by atoms with van der Waals surface area (Å²) in [6.07, 6.45) is 0. The highest BCUT2D eigenvalue weighted by Gasteiger charge is 2.17. The summed E-state index contributed by atoms with van der Waals surface area (Å²) in [6.45, 7) is 5.23. The summed E-state index contributed by atoms with van der Waals surface area (Å²) in [4.78, 5) is 4.54. The summed E-state index contributed by atoms with van der Waals surface area (Å²) < 4.78 is 1.14. The summed E-state index contributed by atoms with van der Waals surface area (Å²) in [5.41, 5.74) is 3.93. The van der Waals surface area contributed by atoms with Crippen molar-refractivity contribution in [2.45, 2.75) is 20.4 Å². The first-order chi connectivity index (χ1) is 6.18. The molecule has 2 heteroatoms. The van der Waals surface area contributed by atoms with E-state index >= 15 is 0 Å². The smallest absolute Gasteiger partial charge is 0.0650 e. The maximum Gasteiger partial charge on any atom is 0.0650 e. The molecule has 0 aliphatic carbocycles. The Hall–Kier alpha value is -0.630. The van der Waals surface area contributed by atoms with Crippen LogP contribution in [0.1, 0.15) is 25.0 Å². The van der Waals surface area contributed by atoms with Gasteiger partial charge in [-0.15, -0.1) is 0 Å². The molecule has 1 aliphatic heterocycles. The Morgan fingerprint density at radius 3 is 2.85 bits per heavy atom. The topological polar surface area (TPSA) is 12.4 Å². The Balaban J connectivity index is 2.45. The summed E-state index contributed by atoms with van der Waals surface area (Å²) in [7, 11) is 0. The van der Waals surface area contributed by atoms with E-state index in [1.165, 1.54) is 16.8 Å². The van der Waals surface area contributed by atoms with Gasteiger partial charge in [0.1, 0.15) is 0 Å². The Morgan fingerprint density at radius 1 is 1.38 bits per heavy atom. The van der Waals surface area contributed by atoms with Crippen LogP contribution in [0.4, 0.5) is 0 Å². The van der Waals surface area contributed by atoms with Gasteiger partial charge < -0.3 is 0 Å². The van der Waals surface area contributed by atoms with Crippen LogP contribution >= 0.6 is 15.9 Å². The molecule has 68 valence electrons. The van der Waals surface area contributed by atoms with E-state index in [1.54, 1.807) is 0 Å². The molecule has 1 aliphatic rings. The molecule has 1 heterocycles. The van der Waals surface area contributed by atoms with Gasteiger partial charge in [-0.2, -0.15) is 0 Å². The highest BCUT2D eigenvalue weighted by Crippen LogP contribution is 2.25. The number of nitrogens with zero attached hydrogens (tertiary/aromatic N) is 1. The van der Waals surface area contributed by atoms with Crippen molar-refractivity contribution in [1.82, 2.24) is 0 Å². The van der Waals surface area contributed by atoms with Crippen molar-refractivity contribution in [3.05, 3.63) is 33.8 Å². The van der Waals surface area contributed by atoms with Gasteiger partial charge in [0.05, 0.1) is 6.54 Å². The average molecular weight is 238 g/mol. The van der Waals surface area contributed by atoms with Crippen LogP contribution in [0.15, 0.2) is 27.7 Å². The molecule has 0 aromatic heterocycles. The Kier molecular flexibility index (Phi) is 2.24. The molecule has 13 heavy (non-hydrogen) atoms. The highest BCUT2D eigenvalue weighted by atomic mass is 79.9. The normalized spacial score (nSPS) is 14.6. The molecule has 1 aromatic carbocycles. The molecule has 1 aromatic rings. The van der Waals surface area contributed by atoms with Crippen LogP contribution in [0.3, 0.4) is 0 Å². The number of fused-ring (bicyclic) bond motifs is 1. The lowest BCUT2D eigenvalue weighted by atomic mass is 9.98. The fourth-order valence-corrected chi connectivity index (χ4v) is 2.10. The predicted molar refractivity (Wildman–Crippen MR) is 59.2 cm³/mol. The van der Waals surface area contributed by atoms with Gasteiger partial charge in [-0.25, -0.2) is 0 Å². The van der Waals surface area contributed by atoms with Gasteiger partial charge in [-0.3, -0.25) is 4.99 Å². The van der Waals surface area contributed by atoms with Crippen LogP contribution in [0.25, 0.3) is 0 Å². The second-order valence-electron chi connectivity index (χ2n) is 3.66. The van der Waals surface area contributed by atoms with Crippen LogP contribution in [-0.4, -0.2) is 5.71 Å².